The summed E-state index contributed by atoms with van der Waals surface area (Å²) < 4.78 is 39.3. The molecular formula is C18H16ClF3N6O. The van der Waals surface area contributed by atoms with E-state index in [-0.39, 0.29) is 17.8 Å². The van der Waals surface area contributed by atoms with Crippen molar-refractivity contribution in [2.45, 2.75) is 25.6 Å². The van der Waals surface area contributed by atoms with Crippen LogP contribution in [0.2, 0.25) is 5.02 Å². The van der Waals surface area contributed by atoms with E-state index in [0.717, 1.165) is 12.1 Å². The minimum Gasteiger partial charge on any atom is -0.330 e. The van der Waals surface area contributed by atoms with Crippen LogP contribution in [0.3, 0.4) is 0 Å². The van der Waals surface area contributed by atoms with Crippen LogP contribution in [0, 0.1) is 5.53 Å². The highest BCUT2D eigenvalue weighted by Crippen LogP contribution is 2.37. The summed E-state index contributed by atoms with van der Waals surface area (Å²) in [6, 6.07) is 4.20. The second-order valence-electron chi connectivity index (χ2n) is 6.26. The molecular weight excluding hydrogens is 409 g/mol. The first kappa shape index (κ1) is 20.7. The lowest BCUT2D eigenvalue weighted by Crippen LogP contribution is -2.44. The number of carbonyl (C=O) groups excluding carboxylic acids is 1. The molecule has 1 amide bonds. The van der Waals surface area contributed by atoms with E-state index in [4.69, 9.17) is 17.1 Å². The van der Waals surface area contributed by atoms with E-state index in [2.05, 4.69) is 20.4 Å². The summed E-state index contributed by atoms with van der Waals surface area (Å²) >= 11 is 5.89. The van der Waals surface area contributed by atoms with E-state index in [1.165, 1.54) is 11.0 Å². The molecule has 7 nitrogen and oxygen atoms in total. The van der Waals surface area contributed by atoms with Gasteiger partial charge in [0.15, 0.2) is 0 Å². The maximum Gasteiger partial charge on any atom is 0.417 e. The summed E-state index contributed by atoms with van der Waals surface area (Å²) in [7, 11) is 0. The molecule has 1 aromatic carbocycles. The van der Waals surface area contributed by atoms with Gasteiger partial charge in [0.05, 0.1) is 22.2 Å². The van der Waals surface area contributed by atoms with E-state index in [9.17, 15) is 18.0 Å². The highest BCUT2D eigenvalue weighted by molar-refractivity contribution is 6.34. The van der Waals surface area contributed by atoms with Crippen molar-refractivity contribution >= 4 is 23.5 Å². The standard InChI is InChI=1S/C18H16ClF3N6O/c1-10-15(27-23)13(26-17-24-7-3-8-25-17)6-9-28(10)16(29)11-4-2-5-12(14(11)19)18(20,21)22/h2-5,7-8,10,23H,6,9H2,1H3,(H,24,25,26). The Balaban J connectivity index is 1.90. The zero-order chi connectivity index (χ0) is 21.2. The maximum atomic E-state index is 13.1. The number of amides is 1. The summed E-state index contributed by atoms with van der Waals surface area (Å²) in [5, 5.41) is 5.85. The summed E-state index contributed by atoms with van der Waals surface area (Å²) in [6.45, 7) is 1.83. The van der Waals surface area contributed by atoms with Crippen LogP contribution in [-0.4, -0.2) is 33.4 Å². The SMILES string of the molecule is CC1C(N=N)=C(Nc2ncccn2)CCN1C(=O)c1cccc(C(F)(F)F)c1Cl. The first-order valence-corrected chi connectivity index (χ1v) is 8.93. The lowest BCUT2D eigenvalue weighted by Gasteiger charge is -2.35. The number of hydrogen-bond acceptors (Lipinski definition) is 6. The summed E-state index contributed by atoms with van der Waals surface area (Å²) in [5.74, 6) is -0.346. The molecule has 0 bridgehead atoms. The fourth-order valence-corrected chi connectivity index (χ4v) is 3.40. The molecule has 0 radical (unpaired) electrons. The fourth-order valence-electron chi connectivity index (χ4n) is 3.09. The molecule has 11 heteroatoms. The first-order chi connectivity index (χ1) is 13.7. The normalized spacial score (nSPS) is 17.3. The molecule has 152 valence electrons. The van der Waals surface area contributed by atoms with Gasteiger partial charge in [-0.1, -0.05) is 17.7 Å². The lowest BCUT2D eigenvalue weighted by atomic mass is 10.0. The van der Waals surface area contributed by atoms with Crippen LogP contribution in [0.4, 0.5) is 19.1 Å². The number of rotatable bonds is 4. The van der Waals surface area contributed by atoms with E-state index < -0.39 is 28.7 Å². The number of hydrogen-bond donors (Lipinski definition) is 2. The number of nitrogens with zero attached hydrogens (tertiary/aromatic N) is 4. The maximum absolute atomic E-state index is 13.1. The van der Waals surface area contributed by atoms with Crippen LogP contribution in [0.25, 0.3) is 0 Å². The Kier molecular flexibility index (Phi) is 5.83. The predicted octanol–water partition coefficient (Wildman–Crippen LogP) is 4.74. The van der Waals surface area contributed by atoms with Gasteiger partial charge in [-0.3, -0.25) is 4.79 Å². The van der Waals surface area contributed by atoms with Crippen LogP contribution >= 0.6 is 11.6 Å². The molecule has 1 aliphatic heterocycles. The molecule has 2 N–H and O–H groups in total. The number of anilines is 1. The smallest absolute Gasteiger partial charge is 0.330 e. The van der Waals surface area contributed by atoms with Crippen LogP contribution in [0.5, 0.6) is 0 Å². The van der Waals surface area contributed by atoms with Gasteiger partial charge in [-0.05, 0) is 25.1 Å². The van der Waals surface area contributed by atoms with Gasteiger partial charge in [-0.2, -0.15) is 18.3 Å². The van der Waals surface area contributed by atoms with Crippen molar-refractivity contribution in [3.63, 3.8) is 0 Å². The first-order valence-electron chi connectivity index (χ1n) is 8.55. The molecule has 0 aliphatic carbocycles. The largest absolute Gasteiger partial charge is 0.417 e. The Morgan fingerprint density at radius 2 is 2.00 bits per heavy atom. The Bertz CT molecular complexity index is 964. The van der Waals surface area contributed by atoms with Gasteiger partial charge in [-0.25, -0.2) is 15.5 Å². The fraction of sp³-hybridized carbons (Fsp3) is 0.278. The van der Waals surface area contributed by atoms with Gasteiger partial charge in [-0.15, -0.1) is 0 Å². The third-order valence-corrected chi connectivity index (χ3v) is 4.93. The number of aromatic nitrogens is 2. The molecule has 0 saturated carbocycles. The summed E-state index contributed by atoms with van der Waals surface area (Å²) in [4.78, 5) is 22.4. The minimum atomic E-state index is -4.67. The number of benzene rings is 1. The predicted molar refractivity (Wildman–Crippen MR) is 99.4 cm³/mol. The zero-order valence-electron chi connectivity index (χ0n) is 15.2. The van der Waals surface area contributed by atoms with E-state index in [1.54, 1.807) is 25.4 Å². The summed E-state index contributed by atoms with van der Waals surface area (Å²) in [5.41, 5.74) is 7.00. The third kappa shape index (κ3) is 4.21. The number of halogens is 4. The van der Waals surface area contributed by atoms with E-state index in [1.807, 2.05) is 0 Å². The van der Waals surface area contributed by atoms with Crippen LogP contribution in [0.15, 0.2) is 53.2 Å². The molecule has 1 unspecified atom stereocenters. The number of alkyl halides is 3. The van der Waals surface area contributed by atoms with Crippen LogP contribution < -0.4 is 5.32 Å². The number of nitrogens with one attached hydrogen (secondary N) is 2. The van der Waals surface area contributed by atoms with Crippen molar-refractivity contribution < 1.29 is 18.0 Å². The van der Waals surface area contributed by atoms with Crippen LogP contribution in [0.1, 0.15) is 29.3 Å². The highest BCUT2D eigenvalue weighted by Gasteiger charge is 2.37. The molecule has 29 heavy (non-hydrogen) atoms. The average molecular weight is 425 g/mol. The minimum absolute atomic E-state index is 0.195. The molecule has 0 saturated heterocycles. The molecule has 1 atom stereocenters. The topological polar surface area (TPSA) is 94.3 Å². The number of carbonyl (C=O) groups is 1. The molecule has 0 spiro atoms. The third-order valence-electron chi connectivity index (χ3n) is 4.52. The molecule has 1 aromatic heterocycles. The van der Waals surface area contributed by atoms with Crippen LogP contribution in [-0.2, 0) is 6.18 Å². The van der Waals surface area contributed by atoms with Gasteiger partial charge in [0.25, 0.3) is 5.91 Å². The van der Waals surface area contributed by atoms with E-state index >= 15 is 0 Å². The average Bonchev–Trinajstić information content (AvgIpc) is 2.68. The Morgan fingerprint density at radius 3 is 2.62 bits per heavy atom. The monoisotopic (exact) mass is 424 g/mol. The Labute approximate surface area is 169 Å². The Hall–Kier alpha value is -3.01. The summed E-state index contributed by atoms with van der Waals surface area (Å²) in [6.07, 6.45) is -1.28. The molecule has 2 aromatic rings. The van der Waals surface area contributed by atoms with Crippen molar-refractivity contribution in [2.75, 3.05) is 11.9 Å². The van der Waals surface area contributed by atoms with Crippen molar-refractivity contribution in [1.82, 2.24) is 14.9 Å². The van der Waals surface area contributed by atoms with Gasteiger partial charge in [0.2, 0.25) is 5.95 Å². The van der Waals surface area contributed by atoms with Gasteiger partial charge < -0.3 is 10.2 Å². The highest BCUT2D eigenvalue weighted by atomic mass is 35.5. The van der Waals surface area contributed by atoms with Crippen molar-refractivity contribution in [2.24, 2.45) is 5.11 Å². The van der Waals surface area contributed by atoms with Gasteiger partial charge in [0.1, 0.15) is 5.70 Å². The van der Waals surface area contributed by atoms with E-state index in [0.29, 0.717) is 18.1 Å². The molecule has 1 aliphatic rings. The second kappa shape index (κ2) is 8.16. The molecule has 0 fully saturated rings. The Morgan fingerprint density at radius 1 is 1.31 bits per heavy atom. The quantitative estimate of drug-likeness (QED) is 0.693. The van der Waals surface area contributed by atoms with Crippen molar-refractivity contribution in [3.05, 3.63) is 64.2 Å². The zero-order valence-corrected chi connectivity index (χ0v) is 15.9. The van der Waals surface area contributed by atoms with Crippen molar-refractivity contribution in [3.8, 4) is 0 Å². The lowest BCUT2D eigenvalue weighted by molar-refractivity contribution is -0.137. The molecule has 2 heterocycles. The molecule has 3 rings (SSSR count). The van der Waals surface area contributed by atoms with Crippen molar-refractivity contribution in [1.29, 1.82) is 5.53 Å². The van der Waals surface area contributed by atoms with Gasteiger partial charge >= 0.3 is 6.18 Å². The second-order valence-corrected chi connectivity index (χ2v) is 6.64. The van der Waals surface area contributed by atoms with Gasteiger partial charge in [0, 0.05) is 31.1 Å².